The van der Waals surface area contributed by atoms with E-state index in [-0.39, 0.29) is 32.7 Å². The first-order valence-corrected chi connectivity index (χ1v) is 3.62. The second-order valence-corrected chi connectivity index (χ2v) is 2.50. The molecule has 1 rings (SSSR count). The summed E-state index contributed by atoms with van der Waals surface area (Å²) in [4.78, 5) is 10.1. The van der Waals surface area contributed by atoms with Crippen molar-refractivity contribution < 1.29 is 42.6 Å². The van der Waals surface area contributed by atoms with Gasteiger partial charge in [-0.25, -0.2) is 6.29 Å². The molecule has 0 aromatic heterocycles. The van der Waals surface area contributed by atoms with Crippen LogP contribution in [0.3, 0.4) is 0 Å². The summed E-state index contributed by atoms with van der Waals surface area (Å²) >= 11 is 0. The number of aliphatic hydroxyl groups is 1. The molecular formula is C9H10NO2Y-. The summed E-state index contributed by atoms with van der Waals surface area (Å²) in [7, 11) is 0. The first kappa shape index (κ1) is 12.9. The van der Waals surface area contributed by atoms with E-state index < -0.39 is 12.1 Å². The van der Waals surface area contributed by atoms with Crippen LogP contribution in [0.2, 0.25) is 0 Å². The number of nitrogens with two attached hydrogens (primary N) is 1. The SMILES string of the molecule is NC(c1ccccc1)C(O)[C-]=O.[Y]. The van der Waals surface area contributed by atoms with E-state index in [0.717, 1.165) is 5.56 Å². The van der Waals surface area contributed by atoms with E-state index in [2.05, 4.69) is 0 Å². The Morgan fingerprint density at radius 3 is 2.31 bits per heavy atom. The fourth-order valence-electron chi connectivity index (χ4n) is 0.931. The van der Waals surface area contributed by atoms with Gasteiger partial charge in [-0.15, -0.1) is 0 Å². The monoisotopic (exact) mass is 253 g/mol. The summed E-state index contributed by atoms with van der Waals surface area (Å²) in [5.41, 5.74) is 6.27. The molecule has 0 fully saturated rings. The molecule has 0 aliphatic rings. The van der Waals surface area contributed by atoms with Crippen LogP contribution in [-0.2, 0) is 37.5 Å². The first-order valence-electron chi connectivity index (χ1n) is 3.62. The third-order valence-electron chi connectivity index (χ3n) is 1.65. The maximum absolute atomic E-state index is 10.1. The molecule has 3 N–H and O–H groups in total. The van der Waals surface area contributed by atoms with Gasteiger partial charge in [0, 0.05) is 38.8 Å². The summed E-state index contributed by atoms with van der Waals surface area (Å²) in [6, 6.07) is 8.27. The number of carbonyl (C=O) groups excluding carboxylic acids is 1. The average molecular weight is 253 g/mol. The molecule has 2 atom stereocenters. The third-order valence-corrected chi connectivity index (χ3v) is 1.65. The molecule has 0 bridgehead atoms. The van der Waals surface area contributed by atoms with Gasteiger partial charge in [0.1, 0.15) is 0 Å². The zero-order valence-electron chi connectivity index (χ0n) is 7.05. The normalized spacial score (nSPS) is 14.0. The Hall–Kier alpha value is -0.0861. The van der Waals surface area contributed by atoms with Crippen molar-refractivity contribution in [3.8, 4) is 0 Å². The zero-order valence-corrected chi connectivity index (χ0v) is 9.89. The Morgan fingerprint density at radius 1 is 1.31 bits per heavy atom. The largest absolute Gasteiger partial charge is 0.539 e. The van der Waals surface area contributed by atoms with Gasteiger partial charge in [-0.3, -0.25) is 0 Å². The van der Waals surface area contributed by atoms with Gasteiger partial charge >= 0.3 is 0 Å². The Labute approximate surface area is 102 Å². The molecule has 67 valence electrons. The molecule has 0 heterocycles. The summed E-state index contributed by atoms with van der Waals surface area (Å²) in [6.07, 6.45) is 0.201. The molecule has 0 saturated heterocycles. The summed E-state index contributed by atoms with van der Waals surface area (Å²) in [6.45, 7) is 0. The number of benzene rings is 1. The van der Waals surface area contributed by atoms with Crippen molar-refractivity contribution in [2.45, 2.75) is 12.1 Å². The van der Waals surface area contributed by atoms with E-state index in [1.54, 1.807) is 24.3 Å². The Morgan fingerprint density at radius 2 is 1.85 bits per heavy atom. The predicted octanol–water partition coefficient (Wildman–Crippen LogP) is 0.155. The molecule has 1 aromatic rings. The molecule has 3 nitrogen and oxygen atoms in total. The third kappa shape index (κ3) is 3.65. The topological polar surface area (TPSA) is 63.3 Å². The van der Waals surface area contributed by atoms with Crippen LogP contribution < -0.4 is 5.73 Å². The number of hydrogen-bond donors (Lipinski definition) is 2. The van der Waals surface area contributed by atoms with E-state index in [0.29, 0.717) is 0 Å². The zero-order chi connectivity index (χ0) is 8.97. The maximum Gasteiger partial charge on any atom is 0.0307 e. The van der Waals surface area contributed by atoms with Crippen molar-refractivity contribution in [3.05, 3.63) is 35.9 Å². The minimum Gasteiger partial charge on any atom is -0.539 e. The van der Waals surface area contributed by atoms with Gasteiger partial charge in [-0.05, 0) is 11.7 Å². The number of rotatable bonds is 3. The van der Waals surface area contributed by atoms with Crippen LogP contribution in [0, 0.1) is 0 Å². The quantitative estimate of drug-likeness (QED) is 0.754. The van der Waals surface area contributed by atoms with Gasteiger partial charge in [-0.1, -0.05) is 30.3 Å². The molecule has 13 heavy (non-hydrogen) atoms. The fourth-order valence-corrected chi connectivity index (χ4v) is 0.931. The second kappa shape index (κ2) is 6.38. The van der Waals surface area contributed by atoms with Crippen LogP contribution in [0.25, 0.3) is 0 Å². The fraction of sp³-hybridized carbons (Fsp3) is 0.222. The van der Waals surface area contributed by atoms with E-state index in [4.69, 9.17) is 10.8 Å². The van der Waals surface area contributed by atoms with Gasteiger partial charge in [-0.2, -0.15) is 0 Å². The predicted molar refractivity (Wildman–Crippen MR) is 45.1 cm³/mol. The van der Waals surface area contributed by atoms with E-state index in [1.807, 2.05) is 6.07 Å². The molecular weight excluding hydrogens is 243 g/mol. The van der Waals surface area contributed by atoms with Crippen LogP contribution in [0.4, 0.5) is 0 Å². The van der Waals surface area contributed by atoms with Gasteiger partial charge < -0.3 is 15.6 Å². The Balaban J connectivity index is 0.00000144. The van der Waals surface area contributed by atoms with Gasteiger partial charge in [0.15, 0.2) is 0 Å². The van der Waals surface area contributed by atoms with Crippen LogP contribution in [0.15, 0.2) is 30.3 Å². The maximum atomic E-state index is 10.1. The summed E-state index contributed by atoms with van der Waals surface area (Å²) < 4.78 is 0. The van der Waals surface area contributed by atoms with Crippen molar-refractivity contribution in [1.29, 1.82) is 0 Å². The Kier molecular flexibility index (Phi) is 6.34. The molecule has 0 aliphatic carbocycles. The molecule has 4 heteroatoms. The van der Waals surface area contributed by atoms with Crippen molar-refractivity contribution in [1.82, 2.24) is 0 Å². The minimum atomic E-state index is -1.24. The van der Waals surface area contributed by atoms with Gasteiger partial charge in [0.05, 0.1) is 0 Å². The van der Waals surface area contributed by atoms with E-state index >= 15 is 0 Å². The molecule has 0 saturated carbocycles. The van der Waals surface area contributed by atoms with Crippen LogP contribution in [-0.4, -0.2) is 17.5 Å². The van der Waals surface area contributed by atoms with Crippen molar-refractivity contribution >= 4 is 6.29 Å². The van der Waals surface area contributed by atoms with Crippen molar-refractivity contribution in [2.24, 2.45) is 5.73 Å². The molecule has 1 aromatic carbocycles. The standard InChI is InChI=1S/C9H10NO2.Y/c10-9(8(12)6-11)7-4-2-1-3-5-7;/h1-5,8-9,12H,10H2;/q-1;. The van der Waals surface area contributed by atoms with E-state index in [1.165, 1.54) is 6.29 Å². The molecule has 0 spiro atoms. The van der Waals surface area contributed by atoms with E-state index in [9.17, 15) is 4.79 Å². The molecule has 0 aliphatic heterocycles. The number of aliphatic hydroxyl groups excluding tert-OH is 1. The minimum absolute atomic E-state index is 0. The van der Waals surface area contributed by atoms with Crippen LogP contribution in [0.5, 0.6) is 0 Å². The van der Waals surface area contributed by atoms with Crippen molar-refractivity contribution in [3.63, 3.8) is 0 Å². The Bertz CT molecular complexity index is 253. The molecule has 1 radical (unpaired) electrons. The number of hydrogen-bond acceptors (Lipinski definition) is 3. The van der Waals surface area contributed by atoms with Gasteiger partial charge in [0.25, 0.3) is 0 Å². The van der Waals surface area contributed by atoms with Crippen molar-refractivity contribution in [2.75, 3.05) is 0 Å². The smallest absolute Gasteiger partial charge is 0.0307 e. The molecule has 0 amide bonds. The van der Waals surface area contributed by atoms with Crippen LogP contribution in [0.1, 0.15) is 11.6 Å². The first-order chi connectivity index (χ1) is 5.75. The second-order valence-electron chi connectivity index (χ2n) is 2.50. The van der Waals surface area contributed by atoms with Gasteiger partial charge in [0.2, 0.25) is 0 Å². The summed E-state index contributed by atoms with van der Waals surface area (Å²) in [5, 5.41) is 9.03. The van der Waals surface area contributed by atoms with Crippen LogP contribution >= 0.6 is 0 Å². The average Bonchev–Trinajstić information content (AvgIpc) is 2.17. The molecule has 2 unspecified atom stereocenters. The summed E-state index contributed by atoms with van der Waals surface area (Å²) in [5.74, 6) is 0.